The molecule has 0 radical (unpaired) electrons. The Balaban J connectivity index is 1.71. The van der Waals surface area contributed by atoms with E-state index in [0.717, 1.165) is 47.6 Å². The van der Waals surface area contributed by atoms with Crippen molar-refractivity contribution >= 4 is 16.7 Å². The zero-order chi connectivity index (χ0) is 15.2. The molecule has 4 aromatic rings. The summed E-state index contributed by atoms with van der Waals surface area (Å²) >= 11 is 0. The number of aromatic nitrogens is 6. The van der Waals surface area contributed by atoms with Crippen LogP contribution in [0.5, 0.6) is 0 Å². The van der Waals surface area contributed by atoms with Crippen molar-refractivity contribution in [1.29, 1.82) is 0 Å². The fraction of sp³-hybridized carbons (Fsp3) is 0.250. The van der Waals surface area contributed by atoms with E-state index in [1.165, 1.54) is 0 Å². The first-order valence-corrected chi connectivity index (χ1v) is 7.66. The van der Waals surface area contributed by atoms with Gasteiger partial charge in [0.2, 0.25) is 0 Å². The summed E-state index contributed by atoms with van der Waals surface area (Å²) in [6.07, 6.45) is 5.59. The number of hydrogen-bond donors (Lipinski definition) is 0. The van der Waals surface area contributed by atoms with Gasteiger partial charge in [-0.15, -0.1) is 10.2 Å². The Morgan fingerprint density at radius 3 is 2.83 bits per heavy atom. The van der Waals surface area contributed by atoms with E-state index in [1.54, 1.807) is 12.5 Å². The lowest BCUT2D eigenvalue weighted by atomic mass is 10.2. The normalized spacial score (nSPS) is 18.2. The maximum absolute atomic E-state index is 5.72. The van der Waals surface area contributed by atoms with Crippen LogP contribution >= 0.6 is 0 Å². The predicted octanol–water partition coefficient (Wildman–Crippen LogP) is 2.31. The SMILES string of the molecule is c1ccc(-n2ncc3c2ncn2c(C4CCCO4)nnc32)cc1. The Kier molecular flexibility index (Phi) is 2.68. The molecule has 0 saturated carbocycles. The van der Waals surface area contributed by atoms with Gasteiger partial charge >= 0.3 is 0 Å². The van der Waals surface area contributed by atoms with Crippen LogP contribution in [0.1, 0.15) is 24.8 Å². The van der Waals surface area contributed by atoms with Crippen LogP contribution in [0.2, 0.25) is 0 Å². The van der Waals surface area contributed by atoms with Crippen LogP contribution in [0.3, 0.4) is 0 Å². The van der Waals surface area contributed by atoms with Crippen LogP contribution in [0, 0.1) is 0 Å². The van der Waals surface area contributed by atoms with E-state index in [2.05, 4.69) is 20.3 Å². The van der Waals surface area contributed by atoms with E-state index in [9.17, 15) is 0 Å². The first kappa shape index (κ1) is 12.7. The first-order valence-electron chi connectivity index (χ1n) is 7.66. The molecule has 23 heavy (non-hydrogen) atoms. The zero-order valence-corrected chi connectivity index (χ0v) is 12.3. The maximum atomic E-state index is 5.72. The third-order valence-corrected chi connectivity index (χ3v) is 4.22. The summed E-state index contributed by atoms with van der Waals surface area (Å²) < 4.78 is 9.45. The largest absolute Gasteiger partial charge is 0.370 e. The van der Waals surface area contributed by atoms with Crippen molar-refractivity contribution < 1.29 is 4.74 Å². The first-order chi connectivity index (χ1) is 11.4. The maximum Gasteiger partial charge on any atom is 0.174 e. The quantitative estimate of drug-likeness (QED) is 0.568. The van der Waals surface area contributed by atoms with Gasteiger partial charge in [-0.05, 0) is 25.0 Å². The van der Waals surface area contributed by atoms with E-state index in [0.29, 0.717) is 0 Å². The van der Waals surface area contributed by atoms with E-state index >= 15 is 0 Å². The van der Waals surface area contributed by atoms with Crippen molar-refractivity contribution in [3.63, 3.8) is 0 Å². The van der Waals surface area contributed by atoms with Crippen LogP contribution in [0.4, 0.5) is 0 Å². The molecule has 0 aliphatic carbocycles. The highest BCUT2D eigenvalue weighted by Crippen LogP contribution is 2.28. The smallest absolute Gasteiger partial charge is 0.174 e. The van der Waals surface area contributed by atoms with Gasteiger partial charge in [0, 0.05) is 6.61 Å². The molecule has 1 aromatic carbocycles. The predicted molar refractivity (Wildman–Crippen MR) is 83.3 cm³/mol. The molecule has 5 rings (SSSR count). The molecule has 0 spiro atoms. The minimum atomic E-state index is 0.00779. The fourth-order valence-electron chi connectivity index (χ4n) is 3.10. The molecule has 7 heteroatoms. The lowest BCUT2D eigenvalue weighted by Gasteiger charge is -2.07. The number of fused-ring (bicyclic) bond motifs is 3. The Labute approximate surface area is 131 Å². The summed E-state index contributed by atoms with van der Waals surface area (Å²) in [5, 5.41) is 14.0. The van der Waals surface area contributed by atoms with Gasteiger partial charge in [-0.3, -0.25) is 4.40 Å². The van der Waals surface area contributed by atoms with Gasteiger partial charge in [0.25, 0.3) is 0 Å². The third-order valence-electron chi connectivity index (χ3n) is 4.22. The second kappa shape index (κ2) is 4.85. The molecular weight excluding hydrogens is 292 g/mol. The summed E-state index contributed by atoms with van der Waals surface area (Å²) in [5.41, 5.74) is 2.51. The molecule has 3 aromatic heterocycles. The monoisotopic (exact) mass is 306 g/mol. The summed E-state index contributed by atoms with van der Waals surface area (Å²) in [5.74, 6) is 0.819. The summed E-state index contributed by atoms with van der Waals surface area (Å²) in [7, 11) is 0. The lowest BCUT2D eigenvalue weighted by Crippen LogP contribution is -2.04. The molecule has 0 N–H and O–H groups in total. The van der Waals surface area contributed by atoms with Crippen LogP contribution < -0.4 is 0 Å². The second-order valence-corrected chi connectivity index (χ2v) is 5.63. The van der Waals surface area contributed by atoms with Crippen LogP contribution in [-0.4, -0.2) is 36.0 Å². The molecule has 4 heterocycles. The second-order valence-electron chi connectivity index (χ2n) is 5.63. The number of benzene rings is 1. The van der Waals surface area contributed by atoms with Gasteiger partial charge in [-0.25, -0.2) is 9.67 Å². The van der Waals surface area contributed by atoms with E-state index < -0.39 is 0 Å². The van der Waals surface area contributed by atoms with Crippen molar-refractivity contribution in [2.75, 3.05) is 6.61 Å². The molecule has 1 saturated heterocycles. The zero-order valence-electron chi connectivity index (χ0n) is 12.3. The number of ether oxygens (including phenoxy) is 1. The van der Waals surface area contributed by atoms with Gasteiger partial charge in [-0.1, -0.05) is 18.2 Å². The van der Waals surface area contributed by atoms with E-state index in [-0.39, 0.29) is 6.10 Å². The summed E-state index contributed by atoms with van der Waals surface area (Å²) in [6, 6.07) is 9.94. The van der Waals surface area contributed by atoms with Crippen molar-refractivity contribution in [1.82, 2.24) is 29.4 Å². The van der Waals surface area contributed by atoms with Crippen molar-refractivity contribution in [2.45, 2.75) is 18.9 Å². The van der Waals surface area contributed by atoms with Gasteiger partial charge in [-0.2, -0.15) is 5.10 Å². The molecule has 0 bridgehead atoms. The Bertz CT molecular complexity index is 984. The van der Waals surface area contributed by atoms with Gasteiger partial charge in [0.15, 0.2) is 17.1 Å². The van der Waals surface area contributed by atoms with Crippen LogP contribution in [-0.2, 0) is 4.74 Å². The van der Waals surface area contributed by atoms with E-state index in [4.69, 9.17) is 4.74 Å². The van der Waals surface area contributed by atoms with Crippen LogP contribution in [0.15, 0.2) is 42.9 Å². The van der Waals surface area contributed by atoms with E-state index in [1.807, 2.05) is 39.4 Å². The molecular formula is C16H14N6O. The minimum Gasteiger partial charge on any atom is -0.370 e. The van der Waals surface area contributed by atoms with Crippen molar-refractivity contribution in [3.05, 3.63) is 48.7 Å². The molecule has 1 aliphatic heterocycles. The number of para-hydroxylation sites is 1. The highest BCUT2D eigenvalue weighted by atomic mass is 16.5. The van der Waals surface area contributed by atoms with Gasteiger partial charge in [0.1, 0.15) is 12.4 Å². The Morgan fingerprint density at radius 2 is 2.00 bits per heavy atom. The highest BCUT2D eigenvalue weighted by molar-refractivity contribution is 5.89. The topological polar surface area (TPSA) is 70.1 Å². The summed E-state index contributed by atoms with van der Waals surface area (Å²) in [6.45, 7) is 0.779. The number of nitrogens with zero attached hydrogens (tertiary/aromatic N) is 6. The number of rotatable bonds is 2. The standard InChI is InChI=1S/C16H14N6O/c1-2-5-11(6-3-1)22-14-12(9-18-22)15-19-20-16(21(15)10-17-14)13-7-4-8-23-13/h1-3,5-6,9-10,13H,4,7-8H2. The average Bonchev–Trinajstić information content (AvgIpc) is 3.33. The van der Waals surface area contributed by atoms with Gasteiger partial charge in [0.05, 0.1) is 17.3 Å². The molecule has 0 amide bonds. The number of hydrogen-bond acceptors (Lipinski definition) is 5. The Morgan fingerprint density at radius 1 is 1.09 bits per heavy atom. The minimum absolute atomic E-state index is 0.00779. The van der Waals surface area contributed by atoms with Crippen molar-refractivity contribution in [2.24, 2.45) is 0 Å². The highest BCUT2D eigenvalue weighted by Gasteiger charge is 2.24. The van der Waals surface area contributed by atoms with Crippen molar-refractivity contribution in [3.8, 4) is 5.69 Å². The molecule has 1 fully saturated rings. The fourth-order valence-corrected chi connectivity index (χ4v) is 3.10. The molecule has 114 valence electrons. The molecule has 1 aliphatic rings. The Hall–Kier alpha value is -2.80. The lowest BCUT2D eigenvalue weighted by molar-refractivity contribution is 0.104. The van der Waals surface area contributed by atoms with Crippen LogP contribution in [0.25, 0.3) is 22.4 Å². The summed E-state index contributed by atoms with van der Waals surface area (Å²) in [4.78, 5) is 4.58. The molecule has 7 nitrogen and oxygen atoms in total. The average molecular weight is 306 g/mol. The molecule has 1 atom stereocenters. The third kappa shape index (κ3) is 1.86. The molecule has 1 unspecified atom stereocenters. The van der Waals surface area contributed by atoms with Gasteiger partial charge < -0.3 is 4.74 Å².